The van der Waals surface area contributed by atoms with E-state index in [0.29, 0.717) is 15.7 Å². The molecule has 1 atom stereocenters. The molecule has 0 aliphatic carbocycles. The summed E-state index contributed by atoms with van der Waals surface area (Å²) in [5.74, 6) is 0. The molecule has 4 nitrogen and oxygen atoms in total. The van der Waals surface area contributed by atoms with Crippen LogP contribution >= 0.6 is 34.8 Å². The summed E-state index contributed by atoms with van der Waals surface area (Å²) >= 11 is 18.2. The zero-order valence-corrected chi connectivity index (χ0v) is 13.2. The molecule has 0 aromatic heterocycles. The van der Waals surface area contributed by atoms with Crippen molar-refractivity contribution in [2.45, 2.75) is 13.0 Å². The van der Waals surface area contributed by atoms with E-state index in [0.717, 1.165) is 5.56 Å². The Bertz CT molecular complexity index is 692. The first-order valence-corrected chi connectivity index (χ1v) is 7.18. The minimum Gasteiger partial charge on any atom is -0.377 e. The van der Waals surface area contributed by atoms with Gasteiger partial charge >= 0.3 is 0 Å². The van der Waals surface area contributed by atoms with Crippen LogP contribution in [0.15, 0.2) is 36.4 Å². The first kappa shape index (κ1) is 15.9. The number of nitrogens with one attached hydrogen (secondary N) is 1. The molecule has 1 N–H and O–H groups in total. The van der Waals surface area contributed by atoms with E-state index in [-0.39, 0.29) is 16.8 Å². The molecule has 0 bridgehead atoms. The zero-order valence-electron chi connectivity index (χ0n) is 10.9. The number of non-ortho nitro benzene ring substituents is 1. The smallest absolute Gasteiger partial charge is 0.271 e. The van der Waals surface area contributed by atoms with Crippen molar-refractivity contribution in [1.29, 1.82) is 0 Å². The molecule has 0 heterocycles. The molecule has 1 unspecified atom stereocenters. The average Bonchev–Trinajstić information content (AvgIpc) is 2.43. The maximum absolute atomic E-state index is 10.7. The molecular formula is C14H11Cl3N2O2. The molecule has 0 spiro atoms. The summed E-state index contributed by atoms with van der Waals surface area (Å²) in [4.78, 5) is 10.2. The second-order valence-electron chi connectivity index (χ2n) is 4.43. The second kappa shape index (κ2) is 6.52. The van der Waals surface area contributed by atoms with E-state index in [1.807, 2.05) is 13.0 Å². The van der Waals surface area contributed by atoms with Crippen molar-refractivity contribution in [3.05, 3.63) is 67.1 Å². The van der Waals surface area contributed by atoms with E-state index in [1.54, 1.807) is 18.2 Å². The highest BCUT2D eigenvalue weighted by Gasteiger charge is 2.15. The van der Waals surface area contributed by atoms with Gasteiger partial charge in [0.1, 0.15) is 0 Å². The lowest BCUT2D eigenvalue weighted by Crippen LogP contribution is -2.08. The maximum atomic E-state index is 10.7. The molecular weight excluding hydrogens is 335 g/mol. The molecule has 21 heavy (non-hydrogen) atoms. The summed E-state index contributed by atoms with van der Waals surface area (Å²) in [7, 11) is 0. The summed E-state index contributed by atoms with van der Waals surface area (Å²) in [6.07, 6.45) is 0. The van der Waals surface area contributed by atoms with Gasteiger partial charge in [0.05, 0.1) is 31.7 Å². The van der Waals surface area contributed by atoms with Gasteiger partial charge in [-0.05, 0) is 24.6 Å². The largest absolute Gasteiger partial charge is 0.377 e. The summed E-state index contributed by atoms with van der Waals surface area (Å²) in [5, 5.41) is 15.1. The predicted octanol–water partition coefficient (Wildman–Crippen LogP) is 5.73. The van der Waals surface area contributed by atoms with Gasteiger partial charge in [0.25, 0.3) is 5.69 Å². The number of benzene rings is 2. The molecule has 0 saturated heterocycles. The van der Waals surface area contributed by atoms with Gasteiger partial charge in [-0.2, -0.15) is 0 Å². The van der Waals surface area contributed by atoms with Crippen LogP contribution in [-0.4, -0.2) is 4.92 Å². The predicted molar refractivity (Wildman–Crippen MR) is 86.6 cm³/mol. The SMILES string of the molecule is CC(Nc1ccc([N+](=O)[O-])cc1Cl)c1cccc(Cl)c1Cl. The summed E-state index contributed by atoms with van der Waals surface area (Å²) in [5.41, 5.74) is 1.35. The number of hydrogen-bond donors (Lipinski definition) is 1. The Morgan fingerprint density at radius 2 is 1.86 bits per heavy atom. The molecule has 2 aromatic rings. The van der Waals surface area contributed by atoms with Crippen molar-refractivity contribution in [2.24, 2.45) is 0 Å². The van der Waals surface area contributed by atoms with E-state index < -0.39 is 4.92 Å². The van der Waals surface area contributed by atoms with Crippen molar-refractivity contribution in [2.75, 3.05) is 5.32 Å². The number of nitro groups is 1. The number of nitro benzene ring substituents is 1. The van der Waals surface area contributed by atoms with Gasteiger partial charge in [-0.25, -0.2) is 0 Å². The lowest BCUT2D eigenvalue weighted by molar-refractivity contribution is -0.384. The second-order valence-corrected chi connectivity index (χ2v) is 5.62. The van der Waals surface area contributed by atoms with E-state index in [9.17, 15) is 10.1 Å². The molecule has 0 aliphatic rings. The van der Waals surface area contributed by atoms with Gasteiger partial charge in [0.15, 0.2) is 0 Å². The summed E-state index contributed by atoms with van der Waals surface area (Å²) in [6.45, 7) is 1.90. The summed E-state index contributed by atoms with van der Waals surface area (Å²) in [6, 6.07) is 9.46. The van der Waals surface area contributed by atoms with Crippen molar-refractivity contribution in [3.8, 4) is 0 Å². The molecule has 0 saturated carbocycles. The number of halogens is 3. The molecule has 2 aromatic carbocycles. The Balaban J connectivity index is 2.25. The van der Waals surface area contributed by atoms with E-state index in [4.69, 9.17) is 34.8 Å². The van der Waals surface area contributed by atoms with Gasteiger partial charge in [0.2, 0.25) is 0 Å². The normalized spacial score (nSPS) is 12.0. The minimum absolute atomic E-state index is 0.0565. The number of nitrogens with zero attached hydrogens (tertiary/aromatic N) is 1. The van der Waals surface area contributed by atoms with Crippen molar-refractivity contribution in [1.82, 2.24) is 0 Å². The van der Waals surface area contributed by atoms with E-state index >= 15 is 0 Å². The minimum atomic E-state index is -0.493. The lowest BCUT2D eigenvalue weighted by Gasteiger charge is -2.18. The molecule has 0 amide bonds. The fourth-order valence-corrected chi connectivity index (χ4v) is 2.60. The first-order chi connectivity index (χ1) is 9.90. The van der Waals surface area contributed by atoms with Crippen molar-refractivity contribution >= 4 is 46.2 Å². The molecule has 0 radical (unpaired) electrons. The molecule has 2 rings (SSSR count). The Kier molecular flexibility index (Phi) is 4.93. The van der Waals surface area contributed by atoms with Crippen LogP contribution < -0.4 is 5.32 Å². The molecule has 0 aliphatic heterocycles. The highest BCUT2D eigenvalue weighted by atomic mass is 35.5. The highest BCUT2D eigenvalue weighted by molar-refractivity contribution is 6.42. The average molecular weight is 346 g/mol. The highest BCUT2D eigenvalue weighted by Crippen LogP contribution is 2.34. The summed E-state index contributed by atoms with van der Waals surface area (Å²) < 4.78 is 0. The Hall–Kier alpha value is -1.49. The van der Waals surface area contributed by atoms with Crippen LogP contribution in [0, 0.1) is 10.1 Å². The third-order valence-corrected chi connectivity index (χ3v) is 4.13. The van der Waals surface area contributed by atoms with Crippen LogP contribution in [0.3, 0.4) is 0 Å². The van der Waals surface area contributed by atoms with Crippen LogP contribution in [0.1, 0.15) is 18.5 Å². The zero-order chi connectivity index (χ0) is 15.6. The third kappa shape index (κ3) is 3.59. The van der Waals surface area contributed by atoms with Gasteiger partial charge in [-0.15, -0.1) is 0 Å². The molecule has 0 fully saturated rings. The third-order valence-electron chi connectivity index (χ3n) is 2.98. The van der Waals surface area contributed by atoms with Gasteiger partial charge in [-0.1, -0.05) is 46.9 Å². The first-order valence-electron chi connectivity index (χ1n) is 6.04. The number of anilines is 1. The Morgan fingerprint density at radius 1 is 1.14 bits per heavy atom. The van der Waals surface area contributed by atoms with E-state index in [1.165, 1.54) is 12.1 Å². The topological polar surface area (TPSA) is 55.2 Å². The van der Waals surface area contributed by atoms with Crippen molar-refractivity contribution in [3.63, 3.8) is 0 Å². The maximum Gasteiger partial charge on any atom is 0.271 e. The van der Waals surface area contributed by atoms with Crippen LogP contribution in [-0.2, 0) is 0 Å². The van der Waals surface area contributed by atoms with Crippen LogP contribution in [0.2, 0.25) is 15.1 Å². The molecule has 7 heteroatoms. The van der Waals surface area contributed by atoms with Crippen LogP contribution in [0.25, 0.3) is 0 Å². The monoisotopic (exact) mass is 344 g/mol. The van der Waals surface area contributed by atoms with Gasteiger partial charge in [0, 0.05) is 12.1 Å². The Labute approximate surface area is 136 Å². The Morgan fingerprint density at radius 3 is 2.48 bits per heavy atom. The van der Waals surface area contributed by atoms with Crippen LogP contribution in [0.4, 0.5) is 11.4 Å². The fourth-order valence-electron chi connectivity index (χ4n) is 1.90. The standard InChI is InChI=1S/C14H11Cl3N2O2/c1-8(10-3-2-4-11(15)14(10)17)18-13-6-5-9(19(20)21)7-12(13)16/h2-8,18H,1H3. The number of rotatable bonds is 4. The van der Waals surface area contributed by atoms with Gasteiger partial charge < -0.3 is 5.32 Å². The van der Waals surface area contributed by atoms with Crippen molar-refractivity contribution < 1.29 is 4.92 Å². The fraction of sp³-hybridized carbons (Fsp3) is 0.143. The van der Waals surface area contributed by atoms with Crippen LogP contribution in [0.5, 0.6) is 0 Å². The quantitative estimate of drug-likeness (QED) is 0.569. The van der Waals surface area contributed by atoms with Gasteiger partial charge in [-0.3, -0.25) is 10.1 Å². The lowest BCUT2D eigenvalue weighted by atomic mass is 10.1. The number of hydrogen-bond acceptors (Lipinski definition) is 3. The molecule has 110 valence electrons. The van der Waals surface area contributed by atoms with E-state index in [2.05, 4.69) is 5.32 Å².